The molecule has 78 valence electrons. The Morgan fingerprint density at radius 2 is 1.79 bits per heavy atom. The van der Waals surface area contributed by atoms with Gasteiger partial charge in [-0.15, -0.1) is 0 Å². The van der Waals surface area contributed by atoms with Crippen molar-refractivity contribution in [1.82, 2.24) is 0 Å². The van der Waals surface area contributed by atoms with E-state index in [9.17, 15) is 9.50 Å². The highest BCUT2D eigenvalue weighted by atomic mass is 19.1. The maximum absolute atomic E-state index is 12.7. The van der Waals surface area contributed by atoms with Crippen LogP contribution >= 0.6 is 0 Å². The van der Waals surface area contributed by atoms with E-state index >= 15 is 0 Å². The molecular weight excluding hydrogens is 179 g/mol. The summed E-state index contributed by atoms with van der Waals surface area (Å²) in [5, 5.41) is 9.33. The largest absolute Gasteiger partial charge is 0.393 e. The maximum Gasteiger partial charge on any atom is 0.123 e. The molecule has 1 rings (SSSR count). The Bertz CT molecular complexity index is 288. The fraction of sp³-hybridized carbons (Fsp3) is 0.500. The Kier molecular flexibility index (Phi) is 3.27. The van der Waals surface area contributed by atoms with Crippen LogP contribution in [0.15, 0.2) is 24.3 Å². The quantitative estimate of drug-likeness (QED) is 0.788. The van der Waals surface area contributed by atoms with Crippen molar-refractivity contribution in [2.45, 2.75) is 38.7 Å². The Labute approximate surface area is 84.6 Å². The van der Waals surface area contributed by atoms with Crippen molar-refractivity contribution < 1.29 is 9.50 Å². The maximum atomic E-state index is 12.7. The minimum Gasteiger partial charge on any atom is -0.393 e. The van der Waals surface area contributed by atoms with Crippen LogP contribution in [-0.4, -0.2) is 11.2 Å². The Morgan fingerprint density at radius 1 is 1.29 bits per heavy atom. The van der Waals surface area contributed by atoms with Gasteiger partial charge in [-0.25, -0.2) is 4.39 Å². The van der Waals surface area contributed by atoms with Gasteiger partial charge in [0.2, 0.25) is 0 Å². The molecule has 1 atom stereocenters. The van der Waals surface area contributed by atoms with Crippen LogP contribution in [0.4, 0.5) is 4.39 Å². The van der Waals surface area contributed by atoms with Crippen molar-refractivity contribution in [2.75, 3.05) is 0 Å². The molecule has 1 nitrogen and oxygen atoms in total. The van der Waals surface area contributed by atoms with Crippen LogP contribution in [0, 0.1) is 5.82 Å². The fourth-order valence-corrected chi connectivity index (χ4v) is 1.76. The summed E-state index contributed by atoms with van der Waals surface area (Å²) in [6.07, 6.45) is 0.341. The first-order valence-corrected chi connectivity index (χ1v) is 4.86. The van der Waals surface area contributed by atoms with Crippen LogP contribution < -0.4 is 0 Å². The van der Waals surface area contributed by atoms with Crippen molar-refractivity contribution in [1.29, 1.82) is 0 Å². The molecule has 0 spiro atoms. The lowest BCUT2D eigenvalue weighted by atomic mass is 9.80. The van der Waals surface area contributed by atoms with Crippen LogP contribution in [-0.2, 0) is 5.41 Å². The first-order chi connectivity index (χ1) is 6.42. The highest BCUT2D eigenvalue weighted by molar-refractivity contribution is 5.24. The molecular formula is C12H17FO. The first kappa shape index (κ1) is 11.2. The molecule has 0 heterocycles. The summed E-state index contributed by atoms with van der Waals surface area (Å²) in [5.41, 5.74) is 0.946. The van der Waals surface area contributed by atoms with Crippen LogP contribution in [0.25, 0.3) is 0 Å². The van der Waals surface area contributed by atoms with Crippen LogP contribution in [0.5, 0.6) is 0 Å². The zero-order chi connectivity index (χ0) is 10.8. The molecule has 0 saturated heterocycles. The van der Waals surface area contributed by atoms with E-state index in [1.54, 1.807) is 19.1 Å². The highest BCUT2D eigenvalue weighted by Crippen LogP contribution is 2.28. The van der Waals surface area contributed by atoms with Gasteiger partial charge in [0.05, 0.1) is 6.10 Å². The van der Waals surface area contributed by atoms with E-state index in [1.165, 1.54) is 12.1 Å². The molecule has 0 aliphatic rings. The topological polar surface area (TPSA) is 20.2 Å². The Morgan fingerprint density at radius 3 is 2.21 bits per heavy atom. The number of halogens is 1. The van der Waals surface area contributed by atoms with Gasteiger partial charge in [0.1, 0.15) is 5.82 Å². The Balaban J connectivity index is 2.86. The molecule has 0 saturated carbocycles. The molecule has 0 radical (unpaired) electrons. The SMILES string of the molecule is CC(O)CC(C)(C)c1ccc(F)cc1. The first-order valence-electron chi connectivity index (χ1n) is 4.86. The zero-order valence-corrected chi connectivity index (χ0v) is 8.92. The second kappa shape index (κ2) is 4.09. The van der Waals surface area contributed by atoms with Crippen molar-refractivity contribution in [2.24, 2.45) is 0 Å². The molecule has 0 bridgehead atoms. The average molecular weight is 196 g/mol. The van der Waals surface area contributed by atoms with E-state index in [2.05, 4.69) is 0 Å². The number of aliphatic hydroxyl groups excluding tert-OH is 1. The number of hydrogen-bond acceptors (Lipinski definition) is 1. The van der Waals surface area contributed by atoms with Gasteiger partial charge in [-0.3, -0.25) is 0 Å². The predicted molar refractivity (Wildman–Crippen MR) is 55.7 cm³/mol. The third-order valence-electron chi connectivity index (χ3n) is 2.43. The smallest absolute Gasteiger partial charge is 0.123 e. The van der Waals surface area contributed by atoms with E-state index in [0.29, 0.717) is 6.42 Å². The summed E-state index contributed by atoms with van der Waals surface area (Å²) in [6.45, 7) is 5.87. The van der Waals surface area contributed by atoms with Gasteiger partial charge in [-0.1, -0.05) is 26.0 Å². The van der Waals surface area contributed by atoms with Gasteiger partial charge in [0.25, 0.3) is 0 Å². The van der Waals surface area contributed by atoms with Gasteiger partial charge < -0.3 is 5.11 Å². The number of benzene rings is 1. The lowest BCUT2D eigenvalue weighted by Crippen LogP contribution is -2.22. The van der Waals surface area contributed by atoms with Gasteiger partial charge in [0, 0.05) is 0 Å². The molecule has 2 heteroatoms. The van der Waals surface area contributed by atoms with E-state index < -0.39 is 0 Å². The van der Waals surface area contributed by atoms with Crippen LogP contribution in [0.1, 0.15) is 32.8 Å². The standard InChI is InChI=1S/C12H17FO/c1-9(14)8-12(2,3)10-4-6-11(13)7-5-10/h4-7,9,14H,8H2,1-3H3. The van der Waals surface area contributed by atoms with Crippen molar-refractivity contribution in [3.8, 4) is 0 Å². The molecule has 0 aliphatic carbocycles. The van der Waals surface area contributed by atoms with E-state index in [-0.39, 0.29) is 17.3 Å². The molecule has 14 heavy (non-hydrogen) atoms. The zero-order valence-electron chi connectivity index (χ0n) is 8.92. The lowest BCUT2D eigenvalue weighted by molar-refractivity contribution is 0.157. The van der Waals surface area contributed by atoms with E-state index in [0.717, 1.165) is 5.56 Å². The summed E-state index contributed by atoms with van der Waals surface area (Å²) in [7, 11) is 0. The molecule has 0 aromatic heterocycles. The summed E-state index contributed by atoms with van der Waals surface area (Å²) in [6, 6.07) is 6.47. The van der Waals surface area contributed by atoms with Gasteiger partial charge >= 0.3 is 0 Å². The van der Waals surface area contributed by atoms with Crippen LogP contribution in [0.2, 0.25) is 0 Å². The summed E-state index contributed by atoms with van der Waals surface area (Å²) < 4.78 is 12.7. The van der Waals surface area contributed by atoms with Gasteiger partial charge in [-0.05, 0) is 36.5 Å². The monoisotopic (exact) mass is 196 g/mol. The lowest BCUT2D eigenvalue weighted by Gasteiger charge is -2.26. The molecule has 1 N–H and O–H groups in total. The average Bonchev–Trinajstić information content (AvgIpc) is 2.02. The minimum atomic E-state index is -0.338. The van der Waals surface area contributed by atoms with E-state index in [1.807, 2.05) is 13.8 Å². The Hall–Kier alpha value is -0.890. The summed E-state index contributed by atoms with van der Waals surface area (Å²) in [4.78, 5) is 0. The normalized spacial score (nSPS) is 14.1. The van der Waals surface area contributed by atoms with Crippen LogP contribution in [0.3, 0.4) is 0 Å². The van der Waals surface area contributed by atoms with Gasteiger partial charge in [0.15, 0.2) is 0 Å². The minimum absolute atomic E-state index is 0.109. The number of aliphatic hydroxyl groups is 1. The third kappa shape index (κ3) is 2.81. The summed E-state index contributed by atoms with van der Waals surface area (Å²) >= 11 is 0. The molecule has 1 aromatic carbocycles. The van der Waals surface area contributed by atoms with E-state index in [4.69, 9.17) is 0 Å². The third-order valence-corrected chi connectivity index (χ3v) is 2.43. The molecule has 1 aromatic rings. The molecule has 1 unspecified atom stereocenters. The second-order valence-corrected chi connectivity index (χ2v) is 4.44. The van der Waals surface area contributed by atoms with Crippen molar-refractivity contribution in [3.05, 3.63) is 35.6 Å². The molecule has 0 fully saturated rings. The molecule has 0 aliphatic heterocycles. The fourth-order valence-electron chi connectivity index (χ4n) is 1.76. The van der Waals surface area contributed by atoms with Gasteiger partial charge in [-0.2, -0.15) is 0 Å². The summed E-state index contributed by atoms with van der Waals surface area (Å²) in [5.74, 6) is -0.221. The van der Waals surface area contributed by atoms with Crippen molar-refractivity contribution >= 4 is 0 Å². The van der Waals surface area contributed by atoms with Crippen molar-refractivity contribution in [3.63, 3.8) is 0 Å². The number of hydrogen-bond donors (Lipinski definition) is 1. The predicted octanol–water partition coefficient (Wildman–Crippen LogP) is 2.87. The second-order valence-electron chi connectivity index (χ2n) is 4.44. The highest BCUT2D eigenvalue weighted by Gasteiger charge is 2.22. The molecule has 0 amide bonds. The number of rotatable bonds is 3.